The SMILES string of the molecule is COc1cccc(NC(=O)Cc2c(C(=O)[O-])[nH]c3ccccc23)c1. The first-order valence-electron chi connectivity index (χ1n) is 7.33. The van der Waals surface area contributed by atoms with Gasteiger partial charge in [0, 0.05) is 22.7 Å². The van der Waals surface area contributed by atoms with Gasteiger partial charge in [-0.2, -0.15) is 0 Å². The standard InChI is InChI=1S/C18H16N2O4/c1-24-12-6-4-5-11(9-12)19-16(21)10-14-13-7-2-3-8-15(13)20-17(14)18(22)23/h2-9,20H,10H2,1H3,(H,19,21)(H,22,23)/p-1. The van der Waals surface area contributed by atoms with Crippen molar-refractivity contribution in [3.05, 3.63) is 59.8 Å². The average molecular weight is 323 g/mol. The van der Waals surface area contributed by atoms with E-state index in [-0.39, 0.29) is 18.0 Å². The van der Waals surface area contributed by atoms with Crippen molar-refractivity contribution in [2.45, 2.75) is 6.42 Å². The largest absolute Gasteiger partial charge is 0.543 e. The predicted octanol–water partition coefficient (Wildman–Crippen LogP) is 1.72. The van der Waals surface area contributed by atoms with Crippen molar-refractivity contribution in [1.82, 2.24) is 4.98 Å². The number of carbonyl (C=O) groups is 2. The summed E-state index contributed by atoms with van der Waals surface area (Å²) < 4.78 is 5.11. The van der Waals surface area contributed by atoms with Gasteiger partial charge in [-0.1, -0.05) is 24.3 Å². The minimum atomic E-state index is -1.34. The third-order valence-electron chi connectivity index (χ3n) is 3.71. The van der Waals surface area contributed by atoms with Crippen LogP contribution in [0.25, 0.3) is 10.9 Å². The summed E-state index contributed by atoms with van der Waals surface area (Å²) in [6, 6.07) is 14.0. The molecule has 2 aromatic carbocycles. The van der Waals surface area contributed by atoms with Crippen LogP contribution in [0.4, 0.5) is 5.69 Å². The Bertz CT molecular complexity index is 914. The molecule has 0 bridgehead atoms. The number of methoxy groups -OCH3 is 1. The molecule has 0 saturated heterocycles. The van der Waals surface area contributed by atoms with E-state index < -0.39 is 5.97 Å². The number of aromatic amines is 1. The van der Waals surface area contributed by atoms with Gasteiger partial charge in [0.05, 0.1) is 25.2 Å². The molecule has 24 heavy (non-hydrogen) atoms. The fourth-order valence-corrected chi connectivity index (χ4v) is 2.62. The van der Waals surface area contributed by atoms with Crippen molar-refractivity contribution < 1.29 is 19.4 Å². The van der Waals surface area contributed by atoms with Gasteiger partial charge in [-0.15, -0.1) is 0 Å². The second-order valence-electron chi connectivity index (χ2n) is 5.27. The number of anilines is 1. The Morgan fingerprint density at radius 1 is 1.17 bits per heavy atom. The summed E-state index contributed by atoms with van der Waals surface area (Å²) >= 11 is 0. The van der Waals surface area contributed by atoms with Crippen molar-refractivity contribution in [1.29, 1.82) is 0 Å². The smallest absolute Gasteiger partial charge is 0.228 e. The van der Waals surface area contributed by atoms with Crippen LogP contribution in [0.3, 0.4) is 0 Å². The Balaban J connectivity index is 1.87. The van der Waals surface area contributed by atoms with Gasteiger partial charge < -0.3 is 24.9 Å². The number of hydrogen-bond acceptors (Lipinski definition) is 4. The summed E-state index contributed by atoms with van der Waals surface area (Å²) in [4.78, 5) is 26.4. The summed E-state index contributed by atoms with van der Waals surface area (Å²) in [6.07, 6.45) is -0.0788. The first-order chi connectivity index (χ1) is 11.6. The summed E-state index contributed by atoms with van der Waals surface area (Å²) in [5.41, 5.74) is 1.57. The van der Waals surface area contributed by atoms with E-state index >= 15 is 0 Å². The number of rotatable bonds is 5. The molecular formula is C18H15N2O4-. The lowest BCUT2D eigenvalue weighted by Crippen LogP contribution is -2.25. The van der Waals surface area contributed by atoms with Gasteiger partial charge in [-0.3, -0.25) is 4.79 Å². The molecule has 3 aromatic rings. The molecule has 0 saturated carbocycles. The maximum absolute atomic E-state index is 12.3. The average Bonchev–Trinajstić information content (AvgIpc) is 2.94. The molecule has 1 aromatic heterocycles. The lowest BCUT2D eigenvalue weighted by Gasteiger charge is -2.08. The van der Waals surface area contributed by atoms with Gasteiger partial charge >= 0.3 is 0 Å². The van der Waals surface area contributed by atoms with E-state index in [9.17, 15) is 14.7 Å². The molecule has 6 heteroatoms. The molecule has 0 atom stereocenters. The monoisotopic (exact) mass is 323 g/mol. The van der Waals surface area contributed by atoms with E-state index in [0.29, 0.717) is 27.9 Å². The molecule has 6 nitrogen and oxygen atoms in total. The van der Waals surface area contributed by atoms with Crippen LogP contribution >= 0.6 is 0 Å². The molecule has 0 unspecified atom stereocenters. The number of carboxylic acids is 1. The van der Waals surface area contributed by atoms with Gasteiger partial charge in [-0.05, 0) is 23.8 Å². The second kappa shape index (κ2) is 6.45. The lowest BCUT2D eigenvalue weighted by atomic mass is 10.1. The number of nitrogens with one attached hydrogen (secondary N) is 2. The van der Waals surface area contributed by atoms with Gasteiger partial charge in [0.2, 0.25) is 5.91 Å². The number of benzene rings is 2. The van der Waals surface area contributed by atoms with Crippen molar-refractivity contribution in [3.8, 4) is 5.75 Å². The quantitative estimate of drug-likeness (QED) is 0.747. The van der Waals surface area contributed by atoms with Crippen LogP contribution in [-0.2, 0) is 11.2 Å². The zero-order valence-electron chi connectivity index (χ0n) is 13.0. The lowest BCUT2D eigenvalue weighted by molar-refractivity contribution is -0.255. The van der Waals surface area contributed by atoms with E-state index in [1.165, 1.54) is 0 Å². The minimum Gasteiger partial charge on any atom is -0.543 e. The molecule has 1 heterocycles. The number of aromatic nitrogens is 1. The Kier molecular flexibility index (Phi) is 4.20. The molecule has 122 valence electrons. The van der Waals surface area contributed by atoms with Crippen LogP contribution in [-0.4, -0.2) is 24.0 Å². The Morgan fingerprint density at radius 2 is 1.96 bits per heavy atom. The van der Waals surface area contributed by atoms with Crippen LogP contribution in [0, 0.1) is 0 Å². The van der Waals surface area contributed by atoms with Crippen LogP contribution in [0.2, 0.25) is 0 Å². The normalized spacial score (nSPS) is 10.5. The van der Waals surface area contributed by atoms with Crippen LogP contribution in [0.5, 0.6) is 5.75 Å². The van der Waals surface area contributed by atoms with Crippen molar-refractivity contribution in [2.75, 3.05) is 12.4 Å². The summed E-state index contributed by atoms with van der Waals surface area (Å²) in [7, 11) is 1.54. The number of para-hydroxylation sites is 1. The molecule has 0 aliphatic heterocycles. The van der Waals surface area contributed by atoms with Gasteiger partial charge in [0.1, 0.15) is 5.75 Å². The number of hydrogen-bond donors (Lipinski definition) is 2. The third kappa shape index (κ3) is 3.08. The third-order valence-corrected chi connectivity index (χ3v) is 3.71. The number of aromatic carboxylic acids is 1. The molecule has 1 amide bonds. The van der Waals surface area contributed by atoms with E-state index in [1.807, 2.05) is 0 Å². The Hall–Kier alpha value is -3.28. The highest BCUT2D eigenvalue weighted by Gasteiger charge is 2.15. The van der Waals surface area contributed by atoms with Crippen LogP contribution in [0.15, 0.2) is 48.5 Å². The fourth-order valence-electron chi connectivity index (χ4n) is 2.62. The van der Waals surface area contributed by atoms with Crippen LogP contribution < -0.4 is 15.2 Å². The predicted molar refractivity (Wildman–Crippen MR) is 88.0 cm³/mol. The van der Waals surface area contributed by atoms with Crippen molar-refractivity contribution in [3.63, 3.8) is 0 Å². The Labute approximate surface area is 138 Å². The highest BCUT2D eigenvalue weighted by atomic mass is 16.5. The zero-order valence-corrected chi connectivity index (χ0v) is 13.0. The minimum absolute atomic E-state index is 0.0722. The summed E-state index contributed by atoms with van der Waals surface area (Å²) in [5, 5.41) is 14.8. The van der Waals surface area contributed by atoms with Gasteiger partial charge in [0.15, 0.2) is 0 Å². The highest BCUT2D eigenvalue weighted by Crippen LogP contribution is 2.23. The van der Waals surface area contributed by atoms with Crippen LogP contribution in [0.1, 0.15) is 16.1 Å². The highest BCUT2D eigenvalue weighted by molar-refractivity contribution is 6.01. The first kappa shape index (κ1) is 15.6. The van der Waals surface area contributed by atoms with E-state index in [4.69, 9.17) is 4.74 Å². The molecule has 0 aliphatic carbocycles. The maximum Gasteiger partial charge on any atom is 0.228 e. The molecule has 0 radical (unpaired) electrons. The zero-order chi connectivity index (χ0) is 17.1. The van der Waals surface area contributed by atoms with Gasteiger partial charge in [-0.25, -0.2) is 0 Å². The number of H-pyrrole nitrogens is 1. The van der Waals surface area contributed by atoms with Crippen molar-refractivity contribution in [2.24, 2.45) is 0 Å². The molecule has 3 rings (SSSR count). The number of amides is 1. The number of ether oxygens (including phenoxy) is 1. The second-order valence-corrected chi connectivity index (χ2v) is 5.27. The first-order valence-corrected chi connectivity index (χ1v) is 7.33. The number of carbonyl (C=O) groups excluding carboxylic acids is 2. The molecule has 0 aliphatic rings. The Morgan fingerprint density at radius 3 is 2.71 bits per heavy atom. The fraction of sp³-hybridized carbons (Fsp3) is 0.111. The van der Waals surface area contributed by atoms with E-state index in [0.717, 1.165) is 0 Å². The van der Waals surface area contributed by atoms with E-state index in [1.54, 1.807) is 55.6 Å². The van der Waals surface area contributed by atoms with Crippen molar-refractivity contribution >= 4 is 28.5 Å². The number of fused-ring (bicyclic) bond motifs is 1. The molecule has 2 N–H and O–H groups in total. The van der Waals surface area contributed by atoms with E-state index in [2.05, 4.69) is 10.3 Å². The summed E-state index contributed by atoms with van der Waals surface area (Å²) in [6.45, 7) is 0. The molecular weight excluding hydrogens is 308 g/mol. The topological polar surface area (TPSA) is 94.2 Å². The number of carboxylic acid groups (broad SMARTS) is 1. The summed E-state index contributed by atoms with van der Waals surface area (Å²) in [5.74, 6) is -1.04. The molecule has 0 spiro atoms. The molecule has 0 fully saturated rings. The van der Waals surface area contributed by atoms with Gasteiger partial charge in [0.25, 0.3) is 0 Å². The maximum atomic E-state index is 12.3.